The molecule has 2 heterocycles. The van der Waals surface area contributed by atoms with Gasteiger partial charge in [-0.05, 0) is 99.1 Å². The van der Waals surface area contributed by atoms with Crippen molar-refractivity contribution in [3.8, 4) is 0 Å². The zero-order chi connectivity index (χ0) is 60.1. The zero-order valence-electron chi connectivity index (χ0n) is 47.2. The first-order valence-electron chi connectivity index (χ1n) is 29.0. The van der Waals surface area contributed by atoms with Crippen LogP contribution in [0.1, 0.15) is 55.6 Å². The van der Waals surface area contributed by atoms with Gasteiger partial charge in [-0.1, -0.05) is 343 Å². The topological polar surface area (TPSA) is 22.1 Å². The summed E-state index contributed by atoms with van der Waals surface area (Å²) in [5.41, 5.74) is 3.24. The molecule has 2 aliphatic rings. The van der Waals surface area contributed by atoms with E-state index in [9.17, 15) is 0 Å². The van der Waals surface area contributed by atoms with Gasteiger partial charge in [0.15, 0.2) is 0 Å². The summed E-state index contributed by atoms with van der Waals surface area (Å²) in [4.78, 5) is 14.3. The second-order valence-corrected chi connectivity index (χ2v) is 24.5. The second kappa shape index (κ2) is 23.2. The molecule has 0 saturated carbocycles. The first-order chi connectivity index (χ1) is 43.2. The van der Waals surface area contributed by atoms with Crippen molar-refractivity contribution >= 4 is 86.8 Å². The van der Waals surface area contributed by atoms with Gasteiger partial charge in [0.05, 0.1) is 31.5 Å². The maximum Gasteiger partial charge on any atom is 0.226 e. The molecule has 2 aliphatic heterocycles. The van der Waals surface area contributed by atoms with Crippen LogP contribution in [0, 0.1) is 0 Å². The molecule has 0 aliphatic carbocycles. The van der Waals surface area contributed by atoms with Gasteiger partial charge in [0.2, 0.25) is 5.79 Å². The van der Waals surface area contributed by atoms with E-state index in [1.807, 2.05) is 66.7 Å². The molecular formula is C78H54Cl6N4. The minimum absolute atomic E-state index is 0.345. The number of anilines is 2. The molecule has 1 saturated heterocycles. The van der Waals surface area contributed by atoms with Gasteiger partial charge in [0, 0.05) is 21.2 Å². The van der Waals surface area contributed by atoms with E-state index in [2.05, 4.69) is 276 Å². The highest BCUT2D eigenvalue weighted by Crippen LogP contribution is 2.75. The summed E-state index contributed by atoms with van der Waals surface area (Å²) in [5, 5.41) is 2.42. The average Bonchev–Trinajstić information content (AvgIpc) is 1.44. The molecule has 428 valence electrons. The van der Waals surface area contributed by atoms with E-state index in [1.165, 1.54) is 0 Å². The Balaban J connectivity index is 1.41. The Morgan fingerprint density at radius 1 is 0.250 bits per heavy atom. The van der Waals surface area contributed by atoms with Gasteiger partial charge in [-0.2, -0.15) is 0 Å². The number of aliphatic imine (C=N–C) groups is 1. The van der Waals surface area contributed by atoms with Crippen molar-refractivity contribution in [2.45, 2.75) is 27.9 Å². The molecule has 4 nitrogen and oxygen atoms in total. The number of benzene rings is 12. The summed E-state index contributed by atoms with van der Waals surface area (Å²) in [6.07, 6.45) is 0. The van der Waals surface area contributed by atoms with Gasteiger partial charge in [0.25, 0.3) is 0 Å². The van der Waals surface area contributed by atoms with Crippen molar-refractivity contribution in [1.29, 1.82) is 0 Å². The molecule has 0 radical (unpaired) electrons. The molecule has 12 aromatic rings. The van der Waals surface area contributed by atoms with Gasteiger partial charge in [-0.15, -0.1) is 0 Å². The van der Waals surface area contributed by atoms with E-state index in [0.29, 0.717) is 58.5 Å². The van der Waals surface area contributed by atoms with Gasteiger partial charge in [-0.3, -0.25) is 4.90 Å². The average molecular weight is 1260 g/mol. The lowest BCUT2D eigenvalue weighted by atomic mass is 9.61. The smallest absolute Gasteiger partial charge is 0.226 e. The van der Waals surface area contributed by atoms with Crippen molar-refractivity contribution in [2.75, 3.05) is 9.80 Å². The van der Waals surface area contributed by atoms with Crippen LogP contribution < -0.4 is 9.80 Å². The highest BCUT2D eigenvalue weighted by Gasteiger charge is 2.82. The van der Waals surface area contributed by atoms with E-state index >= 15 is 0 Å². The molecule has 10 heteroatoms. The van der Waals surface area contributed by atoms with Crippen molar-refractivity contribution in [3.05, 3.63) is 413 Å². The molecule has 1 fully saturated rings. The first-order valence-corrected chi connectivity index (χ1v) is 31.3. The SMILES string of the molecule is Clc1ccc(N2C(c3ccccc3Cl)(N3C(c4ccccc4Cl)=NC(c4ccccc4)(c4ccccc4)C3(c3ccccc3)c3ccccc3)N(c3ccc(Cl)cc3Cl)C(c3ccccc3)(c3ccccc3)C2(c2ccccc2)c2ccccc2)c(Cl)c1. The zero-order valence-corrected chi connectivity index (χ0v) is 51.8. The molecule has 0 bridgehead atoms. The summed E-state index contributed by atoms with van der Waals surface area (Å²) in [6.45, 7) is 0. The molecular weight excluding hydrogens is 1210 g/mol. The summed E-state index contributed by atoms with van der Waals surface area (Å²) < 4.78 is 0. The van der Waals surface area contributed by atoms with Crippen LogP contribution in [-0.4, -0.2) is 10.7 Å². The molecule has 0 spiro atoms. The number of amidine groups is 1. The molecule has 0 amide bonds. The Morgan fingerprint density at radius 3 is 0.875 bits per heavy atom. The maximum absolute atomic E-state index is 8.54. The molecule has 88 heavy (non-hydrogen) atoms. The molecule has 0 unspecified atom stereocenters. The Hall–Kier alpha value is -8.55. The van der Waals surface area contributed by atoms with E-state index in [1.54, 1.807) is 0 Å². The van der Waals surface area contributed by atoms with Crippen LogP contribution in [0.15, 0.2) is 333 Å². The van der Waals surface area contributed by atoms with Crippen LogP contribution >= 0.6 is 69.6 Å². The lowest BCUT2D eigenvalue weighted by molar-refractivity contribution is 0.0472. The van der Waals surface area contributed by atoms with E-state index in [0.717, 1.165) is 44.5 Å². The lowest BCUT2D eigenvalue weighted by Gasteiger charge is -2.62. The largest absolute Gasteiger partial charge is 0.309 e. The second-order valence-electron chi connectivity index (χ2n) is 22.0. The predicted molar refractivity (Wildman–Crippen MR) is 365 cm³/mol. The van der Waals surface area contributed by atoms with Crippen molar-refractivity contribution in [1.82, 2.24) is 4.90 Å². The monoisotopic (exact) mass is 1260 g/mol. The minimum Gasteiger partial charge on any atom is -0.309 e. The number of rotatable bonds is 13. The Morgan fingerprint density at radius 2 is 0.545 bits per heavy atom. The van der Waals surface area contributed by atoms with Gasteiger partial charge >= 0.3 is 0 Å². The molecule has 0 atom stereocenters. The lowest BCUT2D eigenvalue weighted by Crippen LogP contribution is -2.73. The van der Waals surface area contributed by atoms with Crippen LogP contribution in [0.3, 0.4) is 0 Å². The first kappa shape index (κ1) is 57.2. The number of halogens is 6. The summed E-state index contributed by atoms with van der Waals surface area (Å²) in [6, 6.07) is 113. The number of hydrogen-bond acceptors (Lipinski definition) is 4. The van der Waals surface area contributed by atoms with Gasteiger partial charge < -0.3 is 9.80 Å². The fraction of sp³-hybridized carbons (Fsp3) is 0.0641. The van der Waals surface area contributed by atoms with Crippen LogP contribution in [-0.2, 0) is 27.9 Å². The third-order valence-corrected chi connectivity index (χ3v) is 19.4. The summed E-state index contributed by atoms with van der Waals surface area (Å²) >= 11 is 47.8. The number of hydrogen-bond donors (Lipinski definition) is 0. The van der Waals surface area contributed by atoms with E-state index in [4.69, 9.17) is 74.6 Å². The molecule has 12 aromatic carbocycles. The standard InChI is InChI=1S/C78H54Cl6N4/c79-63-49-51-71(69(83)53-63)86-76(59-37-17-5-18-38-59,60-39-19-6-20-40-60)77(61-41-21-7-22-42-61,62-43-23-8-24-44-62)87(72-52-50-64(80)54-70(72)84)78(86,66-46-26-28-48-68(66)82)88-73(65-45-25-27-47-67(65)81)85-74(55-29-9-1-10-30-55,56-31-11-2-12-32-56)75(88,57-33-13-3-14-34-57)58-35-15-4-16-36-58/h1-54H. The Kier molecular flexibility index (Phi) is 15.1. The van der Waals surface area contributed by atoms with Crippen LogP contribution in [0.2, 0.25) is 30.1 Å². The predicted octanol–water partition coefficient (Wildman–Crippen LogP) is 21.3. The van der Waals surface area contributed by atoms with Crippen LogP contribution in [0.5, 0.6) is 0 Å². The fourth-order valence-corrected chi connectivity index (χ4v) is 16.2. The summed E-state index contributed by atoms with van der Waals surface area (Å²) in [7, 11) is 0. The van der Waals surface area contributed by atoms with E-state index < -0.39 is 27.9 Å². The fourth-order valence-electron chi connectivity index (χ4n) is 14.7. The highest BCUT2D eigenvalue weighted by atomic mass is 35.5. The molecule has 0 aromatic heterocycles. The third-order valence-electron chi connectivity index (χ3n) is 17.7. The number of nitrogens with zero attached hydrogens (tertiary/aromatic N) is 4. The molecule has 14 rings (SSSR count). The molecule has 0 N–H and O–H groups in total. The quantitative estimate of drug-likeness (QED) is 0.115. The Labute approximate surface area is 543 Å². The maximum atomic E-state index is 8.54. The van der Waals surface area contributed by atoms with Gasteiger partial charge in [0.1, 0.15) is 28.0 Å². The van der Waals surface area contributed by atoms with Crippen LogP contribution in [0.4, 0.5) is 11.4 Å². The summed E-state index contributed by atoms with van der Waals surface area (Å²) in [5.74, 6) is -1.50. The van der Waals surface area contributed by atoms with Crippen molar-refractivity contribution in [2.24, 2.45) is 4.99 Å². The van der Waals surface area contributed by atoms with E-state index in [-0.39, 0.29) is 0 Å². The van der Waals surface area contributed by atoms with Gasteiger partial charge in [-0.25, -0.2) is 4.99 Å². The van der Waals surface area contributed by atoms with Crippen LogP contribution in [0.25, 0.3) is 0 Å². The normalized spacial score (nSPS) is 16.1. The minimum atomic E-state index is -2.00. The van der Waals surface area contributed by atoms with Crippen molar-refractivity contribution in [3.63, 3.8) is 0 Å². The highest BCUT2D eigenvalue weighted by molar-refractivity contribution is 6.38. The van der Waals surface area contributed by atoms with Crippen molar-refractivity contribution < 1.29 is 0 Å². The third kappa shape index (κ3) is 8.38. The Bertz CT molecular complexity index is 4180.